The lowest BCUT2D eigenvalue weighted by molar-refractivity contribution is 0.223. The standard InChI is InChI=1S/C13H19Cl2NO/c1-9(2)6-10(8-17)16-7-11-12(14)4-3-5-13(11)15/h3-5,9-10,16-17H,6-8H2,1-2H3. The van der Waals surface area contributed by atoms with Gasteiger partial charge in [0.1, 0.15) is 0 Å². The molecule has 0 spiro atoms. The van der Waals surface area contributed by atoms with E-state index in [1.54, 1.807) is 0 Å². The first kappa shape index (κ1) is 14.8. The van der Waals surface area contributed by atoms with Crippen molar-refractivity contribution < 1.29 is 5.11 Å². The monoisotopic (exact) mass is 275 g/mol. The van der Waals surface area contributed by atoms with E-state index >= 15 is 0 Å². The summed E-state index contributed by atoms with van der Waals surface area (Å²) in [6.45, 7) is 4.97. The van der Waals surface area contributed by atoms with Crippen LogP contribution in [-0.2, 0) is 6.54 Å². The Balaban J connectivity index is 2.59. The fourth-order valence-corrected chi connectivity index (χ4v) is 2.27. The second-order valence-corrected chi connectivity index (χ2v) is 5.40. The third-order valence-electron chi connectivity index (χ3n) is 2.61. The van der Waals surface area contributed by atoms with Crippen LogP contribution in [0.25, 0.3) is 0 Å². The average molecular weight is 276 g/mol. The molecule has 96 valence electrons. The summed E-state index contributed by atoms with van der Waals surface area (Å²) < 4.78 is 0. The molecular weight excluding hydrogens is 257 g/mol. The molecule has 4 heteroatoms. The fourth-order valence-electron chi connectivity index (χ4n) is 1.74. The summed E-state index contributed by atoms with van der Waals surface area (Å²) in [6, 6.07) is 5.55. The molecule has 0 aliphatic carbocycles. The molecule has 1 rings (SSSR count). The van der Waals surface area contributed by atoms with E-state index in [1.165, 1.54) is 0 Å². The van der Waals surface area contributed by atoms with Gasteiger partial charge in [0, 0.05) is 28.2 Å². The molecule has 0 aliphatic rings. The molecule has 0 saturated carbocycles. The first-order valence-electron chi connectivity index (χ1n) is 5.81. The lowest BCUT2D eigenvalue weighted by Gasteiger charge is -2.19. The third-order valence-corrected chi connectivity index (χ3v) is 3.31. The molecule has 1 atom stereocenters. The quantitative estimate of drug-likeness (QED) is 0.833. The van der Waals surface area contributed by atoms with Crippen molar-refractivity contribution in [2.45, 2.75) is 32.9 Å². The first-order chi connectivity index (χ1) is 8.04. The van der Waals surface area contributed by atoms with Crippen molar-refractivity contribution in [3.63, 3.8) is 0 Å². The van der Waals surface area contributed by atoms with Gasteiger partial charge < -0.3 is 10.4 Å². The molecular formula is C13H19Cl2NO. The molecule has 0 bridgehead atoms. The van der Waals surface area contributed by atoms with E-state index in [0.29, 0.717) is 22.5 Å². The Labute approximate surface area is 113 Å². The minimum Gasteiger partial charge on any atom is -0.395 e. The summed E-state index contributed by atoms with van der Waals surface area (Å²) in [5, 5.41) is 13.9. The van der Waals surface area contributed by atoms with Gasteiger partial charge in [-0.25, -0.2) is 0 Å². The van der Waals surface area contributed by atoms with E-state index in [-0.39, 0.29) is 12.6 Å². The van der Waals surface area contributed by atoms with Gasteiger partial charge in [-0.1, -0.05) is 43.1 Å². The number of hydrogen-bond acceptors (Lipinski definition) is 2. The van der Waals surface area contributed by atoms with E-state index in [9.17, 15) is 5.11 Å². The van der Waals surface area contributed by atoms with Crippen LogP contribution in [0.5, 0.6) is 0 Å². The maximum absolute atomic E-state index is 9.26. The molecule has 0 amide bonds. The van der Waals surface area contributed by atoms with Gasteiger partial charge in [0.15, 0.2) is 0 Å². The summed E-state index contributed by atoms with van der Waals surface area (Å²) in [6.07, 6.45) is 0.929. The smallest absolute Gasteiger partial charge is 0.0584 e. The zero-order valence-electron chi connectivity index (χ0n) is 10.2. The topological polar surface area (TPSA) is 32.3 Å². The molecule has 1 aromatic carbocycles. The predicted molar refractivity (Wildman–Crippen MR) is 73.6 cm³/mol. The van der Waals surface area contributed by atoms with Crippen LogP contribution in [0.1, 0.15) is 25.8 Å². The van der Waals surface area contributed by atoms with Crippen molar-refractivity contribution in [1.82, 2.24) is 5.32 Å². The lowest BCUT2D eigenvalue weighted by Crippen LogP contribution is -2.33. The second-order valence-electron chi connectivity index (χ2n) is 4.59. The number of benzene rings is 1. The molecule has 2 N–H and O–H groups in total. The van der Waals surface area contributed by atoms with Crippen LogP contribution in [0.15, 0.2) is 18.2 Å². The van der Waals surface area contributed by atoms with Gasteiger partial charge >= 0.3 is 0 Å². The number of aliphatic hydroxyl groups excluding tert-OH is 1. The number of hydrogen-bond donors (Lipinski definition) is 2. The summed E-state index contributed by atoms with van der Waals surface area (Å²) in [4.78, 5) is 0. The van der Waals surface area contributed by atoms with Gasteiger partial charge in [-0.05, 0) is 24.5 Å². The zero-order chi connectivity index (χ0) is 12.8. The van der Waals surface area contributed by atoms with Gasteiger partial charge in [-0.15, -0.1) is 0 Å². The van der Waals surface area contributed by atoms with Crippen molar-refractivity contribution in [2.24, 2.45) is 5.92 Å². The van der Waals surface area contributed by atoms with Crippen LogP contribution in [0.2, 0.25) is 10.0 Å². The largest absolute Gasteiger partial charge is 0.395 e. The molecule has 0 fully saturated rings. The molecule has 0 heterocycles. The van der Waals surface area contributed by atoms with E-state index in [4.69, 9.17) is 23.2 Å². The molecule has 0 aliphatic heterocycles. The van der Waals surface area contributed by atoms with Crippen LogP contribution in [-0.4, -0.2) is 17.8 Å². The summed E-state index contributed by atoms with van der Waals surface area (Å²) >= 11 is 12.1. The third kappa shape index (κ3) is 4.84. The molecule has 1 aromatic rings. The van der Waals surface area contributed by atoms with Gasteiger partial charge in [0.25, 0.3) is 0 Å². The lowest BCUT2D eigenvalue weighted by atomic mass is 10.0. The molecule has 1 unspecified atom stereocenters. The maximum Gasteiger partial charge on any atom is 0.0584 e. The van der Waals surface area contributed by atoms with E-state index in [0.717, 1.165) is 12.0 Å². The van der Waals surface area contributed by atoms with Crippen molar-refractivity contribution in [1.29, 1.82) is 0 Å². The van der Waals surface area contributed by atoms with Crippen molar-refractivity contribution in [3.05, 3.63) is 33.8 Å². The molecule has 17 heavy (non-hydrogen) atoms. The summed E-state index contributed by atoms with van der Waals surface area (Å²) in [5.74, 6) is 0.543. The summed E-state index contributed by atoms with van der Waals surface area (Å²) in [5.41, 5.74) is 0.887. The van der Waals surface area contributed by atoms with E-state index < -0.39 is 0 Å². The van der Waals surface area contributed by atoms with E-state index in [1.807, 2.05) is 18.2 Å². The maximum atomic E-state index is 9.26. The number of nitrogens with one attached hydrogen (secondary N) is 1. The number of aliphatic hydroxyl groups is 1. The molecule has 0 radical (unpaired) electrons. The minimum atomic E-state index is 0.0855. The zero-order valence-corrected chi connectivity index (χ0v) is 11.7. The Hall–Kier alpha value is -0.280. The van der Waals surface area contributed by atoms with Gasteiger partial charge in [0.05, 0.1) is 6.61 Å². The Morgan fingerprint density at radius 3 is 2.29 bits per heavy atom. The van der Waals surface area contributed by atoms with Crippen LogP contribution in [0.4, 0.5) is 0 Å². The minimum absolute atomic E-state index is 0.0855. The van der Waals surface area contributed by atoms with Crippen molar-refractivity contribution in [3.8, 4) is 0 Å². The predicted octanol–water partition coefficient (Wildman–Crippen LogP) is 3.49. The highest BCUT2D eigenvalue weighted by atomic mass is 35.5. The Morgan fingerprint density at radius 1 is 1.24 bits per heavy atom. The highest BCUT2D eigenvalue weighted by Crippen LogP contribution is 2.24. The summed E-state index contributed by atoms with van der Waals surface area (Å²) in [7, 11) is 0. The average Bonchev–Trinajstić information content (AvgIpc) is 2.26. The van der Waals surface area contributed by atoms with Crippen LogP contribution < -0.4 is 5.32 Å². The van der Waals surface area contributed by atoms with Crippen molar-refractivity contribution >= 4 is 23.2 Å². The fraction of sp³-hybridized carbons (Fsp3) is 0.538. The van der Waals surface area contributed by atoms with Crippen LogP contribution in [0.3, 0.4) is 0 Å². The molecule has 0 saturated heterocycles. The number of rotatable bonds is 6. The van der Waals surface area contributed by atoms with Crippen molar-refractivity contribution in [2.75, 3.05) is 6.61 Å². The Kier molecular flexibility index (Phi) is 6.28. The second kappa shape index (κ2) is 7.22. The van der Waals surface area contributed by atoms with E-state index in [2.05, 4.69) is 19.2 Å². The van der Waals surface area contributed by atoms with Crippen LogP contribution >= 0.6 is 23.2 Å². The number of halogens is 2. The highest BCUT2D eigenvalue weighted by molar-refractivity contribution is 6.35. The van der Waals surface area contributed by atoms with Gasteiger partial charge in [-0.2, -0.15) is 0 Å². The van der Waals surface area contributed by atoms with Gasteiger partial charge in [0.2, 0.25) is 0 Å². The first-order valence-corrected chi connectivity index (χ1v) is 6.57. The highest BCUT2D eigenvalue weighted by Gasteiger charge is 2.11. The molecule has 0 aromatic heterocycles. The molecule has 2 nitrogen and oxygen atoms in total. The van der Waals surface area contributed by atoms with Gasteiger partial charge in [-0.3, -0.25) is 0 Å². The normalized spacial score (nSPS) is 13.1. The Morgan fingerprint density at radius 2 is 1.82 bits per heavy atom. The SMILES string of the molecule is CC(C)CC(CO)NCc1c(Cl)cccc1Cl. The Bertz CT molecular complexity index is 335. The van der Waals surface area contributed by atoms with Crippen LogP contribution in [0, 0.1) is 5.92 Å².